The van der Waals surface area contributed by atoms with Crippen molar-refractivity contribution in [1.82, 2.24) is 0 Å². The highest BCUT2D eigenvalue weighted by atomic mass is 16.6. The Morgan fingerprint density at radius 1 is 1.08 bits per heavy atom. The Bertz CT molecular complexity index is 927. The smallest absolute Gasteiger partial charge is 0.351 e. The summed E-state index contributed by atoms with van der Waals surface area (Å²) in [5, 5.41) is 0.816. The Morgan fingerprint density at radius 3 is 2.54 bits per heavy atom. The molecule has 0 fully saturated rings. The van der Waals surface area contributed by atoms with Gasteiger partial charge in [0.25, 0.3) is 0 Å². The van der Waals surface area contributed by atoms with Crippen molar-refractivity contribution in [2.75, 3.05) is 7.11 Å². The summed E-state index contributed by atoms with van der Waals surface area (Å²) in [6.45, 7) is 1.83. The molecule has 1 atom stereocenters. The number of fused-ring (bicyclic) bond motifs is 1. The number of carbonyl (C=O) groups excluding carboxylic acids is 1. The first-order valence-corrected chi connectivity index (χ1v) is 7.42. The molecule has 0 bridgehead atoms. The molecule has 2 aromatic carbocycles. The lowest BCUT2D eigenvalue weighted by Crippen LogP contribution is -2.20. The SMILES string of the molecule is COC(=O)[C@@H](Oc1ccc2c(C)cc(=O)oc2c1)c1ccccc1. The zero-order chi connectivity index (χ0) is 17.1. The van der Waals surface area contributed by atoms with E-state index in [-0.39, 0.29) is 0 Å². The molecule has 5 nitrogen and oxygen atoms in total. The van der Waals surface area contributed by atoms with Crippen molar-refractivity contribution in [2.24, 2.45) is 0 Å². The predicted octanol–water partition coefficient (Wildman–Crippen LogP) is 3.39. The van der Waals surface area contributed by atoms with Crippen molar-refractivity contribution in [2.45, 2.75) is 13.0 Å². The van der Waals surface area contributed by atoms with Crippen LogP contribution in [0, 0.1) is 6.92 Å². The fraction of sp³-hybridized carbons (Fsp3) is 0.158. The summed E-state index contributed by atoms with van der Waals surface area (Å²) in [6, 6.07) is 15.6. The van der Waals surface area contributed by atoms with Gasteiger partial charge >= 0.3 is 11.6 Å². The summed E-state index contributed by atoms with van der Waals surface area (Å²) in [5.41, 5.74) is 1.48. The van der Waals surface area contributed by atoms with Crippen LogP contribution >= 0.6 is 0 Å². The first-order chi connectivity index (χ1) is 11.6. The van der Waals surface area contributed by atoms with Crippen LogP contribution in [-0.2, 0) is 9.53 Å². The second-order valence-corrected chi connectivity index (χ2v) is 5.34. The predicted molar refractivity (Wildman–Crippen MR) is 89.0 cm³/mol. The van der Waals surface area contributed by atoms with Crippen LogP contribution < -0.4 is 10.4 Å². The van der Waals surface area contributed by atoms with Crippen LogP contribution in [0.15, 0.2) is 63.8 Å². The molecule has 0 aliphatic heterocycles. The average Bonchev–Trinajstić information content (AvgIpc) is 2.59. The maximum atomic E-state index is 12.1. The molecular formula is C19H16O5. The molecule has 0 radical (unpaired) electrons. The number of esters is 1. The Morgan fingerprint density at radius 2 is 1.83 bits per heavy atom. The van der Waals surface area contributed by atoms with Gasteiger partial charge in [0, 0.05) is 23.1 Å². The molecule has 0 spiro atoms. The molecule has 0 amide bonds. The van der Waals surface area contributed by atoms with E-state index >= 15 is 0 Å². The molecule has 1 heterocycles. The van der Waals surface area contributed by atoms with Crippen molar-refractivity contribution < 1.29 is 18.7 Å². The number of ether oxygens (including phenoxy) is 2. The molecular weight excluding hydrogens is 308 g/mol. The fourth-order valence-electron chi connectivity index (χ4n) is 2.50. The van der Waals surface area contributed by atoms with Crippen LogP contribution in [0.1, 0.15) is 17.2 Å². The van der Waals surface area contributed by atoms with Gasteiger partial charge in [0.1, 0.15) is 11.3 Å². The summed E-state index contributed by atoms with van der Waals surface area (Å²) in [5.74, 6) is -0.0949. The fourth-order valence-corrected chi connectivity index (χ4v) is 2.50. The number of rotatable bonds is 4. The highest BCUT2D eigenvalue weighted by molar-refractivity contribution is 5.81. The van der Waals surface area contributed by atoms with Gasteiger partial charge in [-0.1, -0.05) is 30.3 Å². The molecule has 0 unspecified atom stereocenters. The van der Waals surface area contributed by atoms with Crippen LogP contribution in [-0.4, -0.2) is 13.1 Å². The molecule has 0 aliphatic carbocycles. The van der Waals surface area contributed by atoms with E-state index in [0.29, 0.717) is 16.9 Å². The average molecular weight is 324 g/mol. The van der Waals surface area contributed by atoms with Crippen molar-refractivity contribution in [1.29, 1.82) is 0 Å². The molecule has 5 heteroatoms. The van der Waals surface area contributed by atoms with Gasteiger partial charge in [0.2, 0.25) is 6.10 Å². The third kappa shape index (κ3) is 3.15. The minimum Gasteiger partial charge on any atom is -0.474 e. The number of benzene rings is 2. The Hall–Kier alpha value is -3.08. The number of methoxy groups -OCH3 is 1. The van der Waals surface area contributed by atoms with Gasteiger partial charge in [-0.05, 0) is 24.6 Å². The lowest BCUT2D eigenvalue weighted by molar-refractivity contribution is -0.149. The third-order valence-corrected chi connectivity index (χ3v) is 3.69. The summed E-state index contributed by atoms with van der Waals surface area (Å²) < 4.78 is 15.8. The zero-order valence-electron chi connectivity index (χ0n) is 13.3. The minimum atomic E-state index is -0.898. The molecule has 0 saturated carbocycles. The van der Waals surface area contributed by atoms with Gasteiger partial charge in [0.15, 0.2) is 0 Å². The van der Waals surface area contributed by atoms with E-state index in [0.717, 1.165) is 10.9 Å². The van der Waals surface area contributed by atoms with Crippen LogP contribution in [0.4, 0.5) is 0 Å². The van der Waals surface area contributed by atoms with E-state index in [2.05, 4.69) is 0 Å². The van der Waals surface area contributed by atoms with Gasteiger partial charge in [-0.15, -0.1) is 0 Å². The first kappa shape index (κ1) is 15.8. The Balaban J connectivity index is 1.99. The number of aryl methyl sites for hydroxylation is 1. The Labute approximate surface area is 138 Å². The molecule has 122 valence electrons. The van der Waals surface area contributed by atoms with E-state index in [4.69, 9.17) is 13.9 Å². The summed E-state index contributed by atoms with van der Waals surface area (Å²) in [4.78, 5) is 23.6. The highest BCUT2D eigenvalue weighted by Crippen LogP contribution is 2.27. The summed E-state index contributed by atoms with van der Waals surface area (Å²) in [6.07, 6.45) is -0.898. The van der Waals surface area contributed by atoms with Crippen molar-refractivity contribution >= 4 is 16.9 Å². The quantitative estimate of drug-likeness (QED) is 0.543. The van der Waals surface area contributed by atoms with Gasteiger partial charge in [-0.25, -0.2) is 9.59 Å². The third-order valence-electron chi connectivity index (χ3n) is 3.69. The highest BCUT2D eigenvalue weighted by Gasteiger charge is 2.23. The summed E-state index contributed by atoms with van der Waals surface area (Å²) in [7, 11) is 1.31. The number of hydrogen-bond donors (Lipinski definition) is 0. The Kier molecular flexibility index (Phi) is 4.33. The molecule has 3 rings (SSSR count). The van der Waals surface area contributed by atoms with Crippen LogP contribution in [0.3, 0.4) is 0 Å². The molecule has 3 aromatic rings. The van der Waals surface area contributed by atoms with Crippen molar-refractivity contribution in [3.63, 3.8) is 0 Å². The van der Waals surface area contributed by atoms with Crippen molar-refractivity contribution in [3.05, 3.63) is 76.1 Å². The lowest BCUT2D eigenvalue weighted by Gasteiger charge is -2.17. The van der Waals surface area contributed by atoms with E-state index in [1.165, 1.54) is 13.2 Å². The van der Waals surface area contributed by atoms with Crippen LogP contribution in [0.2, 0.25) is 0 Å². The van der Waals surface area contributed by atoms with Gasteiger partial charge in [0.05, 0.1) is 7.11 Å². The van der Waals surface area contributed by atoms with Gasteiger partial charge in [-0.3, -0.25) is 0 Å². The second kappa shape index (κ2) is 6.58. The molecule has 24 heavy (non-hydrogen) atoms. The van der Waals surface area contributed by atoms with E-state index in [9.17, 15) is 9.59 Å². The van der Waals surface area contributed by atoms with Gasteiger partial charge in [-0.2, -0.15) is 0 Å². The topological polar surface area (TPSA) is 65.7 Å². The standard InChI is InChI=1S/C19H16O5/c1-12-10-17(20)24-16-11-14(8-9-15(12)16)23-18(19(21)22-2)13-6-4-3-5-7-13/h3-11,18H,1-2H3/t18-/m0/s1. The molecule has 0 saturated heterocycles. The largest absolute Gasteiger partial charge is 0.474 e. The zero-order valence-corrected chi connectivity index (χ0v) is 13.3. The minimum absolute atomic E-state index is 0.411. The number of hydrogen-bond acceptors (Lipinski definition) is 5. The molecule has 1 aromatic heterocycles. The van der Waals surface area contributed by atoms with E-state index in [1.54, 1.807) is 30.3 Å². The monoisotopic (exact) mass is 324 g/mol. The first-order valence-electron chi connectivity index (χ1n) is 7.42. The van der Waals surface area contributed by atoms with E-state index < -0.39 is 17.7 Å². The number of carbonyl (C=O) groups is 1. The molecule has 0 N–H and O–H groups in total. The second-order valence-electron chi connectivity index (χ2n) is 5.34. The van der Waals surface area contributed by atoms with Crippen molar-refractivity contribution in [3.8, 4) is 5.75 Å². The lowest BCUT2D eigenvalue weighted by atomic mass is 10.1. The van der Waals surface area contributed by atoms with Crippen LogP contribution in [0.25, 0.3) is 11.0 Å². The van der Waals surface area contributed by atoms with E-state index in [1.807, 2.05) is 25.1 Å². The van der Waals surface area contributed by atoms with Crippen LogP contribution in [0.5, 0.6) is 5.75 Å². The molecule has 0 aliphatic rings. The maximum Gasteiger partial charge on any atom is 0.351 e. The normalized spacial score (nSPS) is 11.9. The summed E-state index contributed by atoms with van der Waals surface area (Å²) >= 11 is 0. The maximum absolute atomic E-state index is 12.1. The van der Waals surface area contributed by atoms with Gasteiger partial charge < -0.3 is 13.9 Å².